The zero-order valence-electron chi connectivity index (χ0n) is 22.6. The molecule has 0 bridgehead atoms. The molecule has 1 aliphatic heterocycles. The highest BCUT2D eigenvalue weighted by Crippen LogP contribution is 2.52. The van der Waals surface area contributed by atoms with Gasteiger partial charge in [-0.05, 0) is 51.9 Å². The molecule has 0 saturated carbocycles. The van der Waals surface area contributed by atoms with E-state index >= 15 is 4.39 Å². The fraction of sp³-hybridized carbons (Fsp3) is 0.536. The number of ether oxygens (including phenoxy) is 1. The van der Waals surface area contributed by atoms with Crippen molar-refractivity contribution in [3.05, 3.63) is 51.2 Å². The number of Topliss-reactive ketones (excluding diaryl/α,β-unsaturated/α-hetero) is 2. The van der Waals surface area contributed by atoms with Gasteiger partial charge in [-0.3, -0.25) is 24.2 Å². The van der Waals surface area contributed by atoms with Crippen LogP contribution in [0, 0.1) is 17.7 Å². The van der Waals surface area contributed by atoms with Crippen molar-refractivity contribution in [2.24, 2.45) is 17.6 Å². The number of aliphatic hydroxyl groups excluding tert-OH is 2. The average Bonchev–Trinajstić information content (AvgIpc) is 3.41. The Balaban J connectivity index is 1.61. The van der Waals surface area contributed by atoms with E-state index in [0.717, 1.165) is 6.42 Å². The number of aliphatic hydroxyl groups is 3. The van der Waals surface area contributed by atoms with Gasteiger partial charge >= 0.3 is 0 Å². The van der Waals surface area contributed by atoms with Crippen LogP contribution in [-0.2, 0) is 27.3 Å². The van der Waals surface area contributed by atoms with Gasteiger partial charge in [0, 0.05) is 41.8 Å². The highest BCUT2D eigenvalue weighted by Gasteiger charge is 2.63. The zero-order chi connectivity index (χ0) is 29.3. The van der Waals surface area contributed by atoms with Crippen LogP contribution >= 0.6 is 0 Å². The number of halogens is 1. The number of allylic oxidation sites excluding steroid dienone is 1. The van der Waals surface area contributed by atoms with Crippen molar-refractivity contribution in [3.8, 4) is 5.75 Å². The molecule has 1 amide bonds. The Kier molecular flexibility index (Phi) is 7.02. The first-order chi connectivity index (χ1) is 18.8. The average molecular weight is 560 g/mol. The summed E-state index contributed by atoms with van der Waals surface area (Å²) in [5, 5.41) is 44.7. The summed E-state index contributed by atoms with van der Waals surface area (Å²) in [5.41, 5.74) is 1.28. The van der Waals surface area contributed by atoms with E-state index in [1.165, 1.54) is 11.0 Å². The molecule has 4 aliphatic rings. The molecule has 1 fully saturated rings. The van der Waals surface area contributed by atoms with Gasteiger partial charge in [0.05, 0.1) is 18.2 Å². The van der Waals surface area contributed by atoms with Gasteiger partial charge < -0.3 is 30.9 Å². The number of phenolic OH excluding ortho intramolecular Hbond substituents is 1. The summed E-state index contributed by atoms with van der Waals surface area (Å²) in [4.78, 5) is 42.6. The molecule has 0 aromatic heterocycles. The summed E-state index contributed by atoms with van der Waals surface area (Å²) in [6, 6.07) is 0.189. The van der Waals surface area contributed by atoms with Crippen molar-refractivity contribution in [1.29, 1.82) is 0 Å². The summed E-state index contributed by atoms with van der Waals surface area (Å²) in [6.45, 7) is 3.90. The highest BCUT2D eigenvalue weighted by molar-refractivity contribution is 6.24. The van der Waals surface area contributed by atoms with E-state index in [1.807, 2.05) is 11.8 Å². The number of carbonyl (C=O) groups excluding carboxylic acids is 3. The number of ketones is 2. The second-order valence-electron chi connectivity index (χ2n) is 11.3. The first kappa shape index (κ1) is 28.2. The lowest BCUT2D eigenvalue weighted by Gasteiger charge is -2.50. The smallest absolute Gasteiger partial charge is 0.255 e. The van der Waals surface area contributed by atoms with Crippen LogP contribution in [0.4, 0.5) is 4.39 Å². The third-order valence-electron chi connectivity index (χ3n) is 8.93. The second kappa shape index (κ2) is 9.95. The monoisotopic (exact) mass is 559 g/mol. The van der Waals surface area contributed by atoms with Gasteiger partial charge in [-0.2, -0.15) is 0 Å². The predicted molar refractivity (Wildman–Crippen MR) is 139 cm³/mol. The molecule has 1 aromatic rings. The first-order valence-electron chi connectivity index (χ1n) is 13.3. The molecule has 40 heavy (non-hydrogen) atoms. The summed E-state index contributed by atoms with van der Waals surface area (Å²) < 4.78 is 21.5. The highest BCUT2D eigenvalue weighted by atomic mass is 19.1. The molecule has 11 nitrogen and oxygen atoms in total. The molecule has 0 spiro atoms. The van der Waals surface area contributed by atoms with Crippen molar-refractivity contribution >= 4 is 17.5 Å². The molecule has 3 aliphatic carbocycles. The van der Waals surface area contributed by atoms with E-state index in [2.05, 4.69) is 0 Å². The fourth-order valence-corrected chi connectivity index (χ4v) is 7.00. The zero-order valence-corrected chi connectivity index (χ0v) is 22.6. The van der Waals surface area contributed by atoms with Crippen LogP contribution in [0.2, 0.25) is 0 Å². The molecule has 12 heteroatoms. The fourth-order valence-electron chi connectivity index (χ4n) is 7.00. The number of phenols is 1. The van der Waals surface area contributed by atoms with E-state index in [-0.39, 0.29) is 47.7 Å². The van der Waals surface area contributed by atoms with Gasteiger partial charge in [0.15, 0.2) is 11.4 Å². The minimum atomic E-state index is -2.73. The van der Waals surface area contributed by atoms with Crippen molar-refractivity contribution in [2.75, 3.05) is 33.9 Å². The number of likely N-dealkylation sites (N-methyl/N-ethyl adjacent to an activating group) is 2. The van der Waals surface area contributed by atoms with Gasteiger partial charge in [-0.15, -0.1) is 0 Å². The number of nitrogens with zero attached hydrogens (tertiary/aromatic N) is 2. The number of aromatic hydroxyl groups is 1. The van der Waals surface area contributed by atoms with E-state index < -0.39 is 69.6 Å². The molecule has 6 N–H and O–H groups in total. The minimum absolute atomic E-state index is 0.00755. The quantitative estimate of drug-likeness (QED) is 0.315. The van der Waals surface area contributed by atoms with Crippen molar-refractivity contribution in [2.45, 2.75) is 50.4 Å². The maximum Gasteiger partial charge on any atom is 0.255 e. The summed E-state index contributed by atoms with van der Waals surface area (Å²) in [5.74, 6) is -8.27. The topological polar surface area (TPSA) is 174 Å². The van der Waals surface area contributed by atoms with Crippen LogP contribution in [0.1, 0.15) is 41.3 Å². The number of carbonyl (C=O) groups is 3. The van der Waals surface area contributed by atoms with Crippen LogP contribution in [0.3, 0.4) is 0 Å². The Hall–Kier alpha value is -3.32. The molecule has 1 saturated heterocycles. The lowest BCUT2D eigenvalue weighted by molar-refractivity contribution is -0.148. The van der Waals surface area contributed by atoms with Gasteiger partial charge in [-0.1, -0.05) is 6.92 Å². The largest absolute Gasteiger partial charge is 0.510 e. The summed E-state index contributed by atoms with van der Waals surface area (Å²) in [6.07, 6.45) is 0.603. The van der Waals surface area contributed by atoms with Gasteiger partial charge in [0.1, 0.15) is 28.7 Å². The standard InChI is InChI=1S/C28H34FN3O8/c1-4-32(14-5-6-40-11-14)10-13-9-17(33)19-15(21(13)29)7-12-8-16-22(31(2)3)24(35)20(27(30)38)26(37)28(16,39)25(36)18(12)23(19)34/h9,12,14,16,22,33,35-36,39H,4-8,10-11H2,1-3H3,(H2,30,38)/t12-,14+,16-,22-,28-/m0/s1. The number of hydrogen-bond acceptors (Lipinski definition) is 10. The third-order valence-corrected chi connectivity index (χ3v) is 8.93. The Morgan fingerprint density at radius 1 is 1.25 bits per heavy atom. The lowest BCUT2D eigenvalue weighted by Crippen LogP contribution is -2.63. The number of hydrogen-bond donors (Lipinski definition) is 5. The second-order valence-corrected chi connectivity index (χ2v) is 11.3. The molecule has 0 unspecified atom stereocenters. The predicted octanol–water partition coefficient (Wildman–Crippen LogP) is 0.871. The Bertz CT molecular complexity index is 1370. The Morgan fingerprint density at radius 3 is 2.52 bits per heavy atom. The number of nitrogens with two attached hydrogens (primary N) is 1. The van der Waals surface area contributed by atoms with E-state index in [0.29, 0.717) is 19.8 Å². The van der Waals surface area contributed by atoms with Crippen LogP contribution in [-0.4, -0.2) is 99.2 Å². The maximum absolute atomic E-state index is 16.0. The van der Waals surface area contributed by atoms with Gasteiger partial charge in [-0.25, -0.2) is 4.39 Å². The SMILES string of the molecule is CCN(Cc1cc(O)c2c(c1F)C[C@H]1C[C@H]3[C@H](N(C)C)C(O)=C(C(N)=O)C(=O)[C@@]3(O)C(O)=C1C2=O)[C@@H]1CCOC1. The molecule has 5 rings (SSSR count). The maximum atomic E-state index is 16.0. The Labute approximate surface area is 230 Å². The van der Waals surface area contributed by atoms with E-state index in [9.17, 15) is 34.8 Å². The molecule has 1 aromatic carbocycles. The van der Waals surface area contributed by atoms with Crippen molar-refractivity contribution in [1.82, 2.24) is 9.80 Å². The molecular formula is C28H34FN3O8. The number of fused-ring (bicyclic) bond motifs is 3. The van der Waals surface area contributed by atoms with Gasteiger partial charge in [0.25, 0.3) is 5.91 Å². The van der Waals surface area contributed by atoms with Crippen molar-refractivity contribution in [3.63, 3.8) is 0 Å². The van der Waals surface area contributed by atoms with Crippen LogP contribution in [0.5, 0.6) is 5.75 Å². The van der Waals surface area contributed by atoms with Crippen LogP contribution in [0.25, 0.3) is 0 Å². The summed E-state index contributed by atoms with van der Waals surface area (Å²) >= 11 is 0. The number of primary amides is 1. The van der Waals surface area contributed by atoms with Crippen LogP contribution < -0.4 is 5.73 Å². The third kappa shape index (κ3) is 3.96. The summed E-state index contributed by atoms with van der Waals surface area (Å²) in [7, 11) is 3.10. The number of benzene rings is 1. The van der Waals surface area contributed by atoms with E-state index in [1.54, 1.807) is 14.1 Å². The first-order valence-corrected chi connectivity index (χ1v) is 13.3. The van der Waals surface area contributed by atoms with Crippen molar-refractivity contribution < 1.29 is 43.9 Å². The van der Waals surface area contributed by atoms with Crippen LogP contribution in [0.15, 0.2) is 28.7 Å². The number of rotatable bonds is 6. The normalized spacial score (nSPS) is 30.2. The number of amides is 1. The van der Waals surface area contributed by atoms with Gasteiger partial charge in [0.2, 0.25) is 5.78 Å². The molecule has 1 heterocycles. The minimum Gasteiger partial charge on any atom is -0.510 e. The lowest BCUT2D eigenvalue weighted by atomic mass is 9.58. The molecule has 216 valence electrons. The Morgan fingerprint density at radius 2 is 1.95 bits per heavy atom. The molecular weight excluding hydrogens is 525 g/mol. The van der Waals surface area contributed by atoms with E-state index in [4.69, 9.17) is 10.5 Å². The molecule has 5 atom stereocenters. The molecule has 0 radical (unpaired) electrons.